The molecule has 1 heteroatoms. The minimum absolute atomic E-state index is 0. The van der Waals surface area contributed by atoms with Crippen molar-refractivity contribution in [1.82, 2.24) is 0 Å². The molecule has 0 spiro atoms. The van der Waals surface area contributed by atoms with E-state index in [9.17, 15) is 0 Å². The quantitative estimate of drug-likeness (QED) is 0.690. The molecule has 0 saturated carbocycles. The number of rotatable bonds is 3. The van der Waals surface area contributed by atoms with Gasteiger partial charge in [-0.15, -0.1) is 0 Å². The largest absolute Gasteiger partial charge is 0.0991 e. The Hall–Kier alpha value is 0.272. The standard InChI is InChI=1S/C8H12.U/c1-4-7-8(5-2)6-3;/h4-5,7H,1-2,6H2,3H3;/b8-7+;. The predicted octanol–water partition coefficient (Wildman–Crippen LogP) is 2.69. The van der Waals surface area contributed by atoms with E-state index in [4.69, 9.17) is 0 Å². The maximum atomic E-state index is 3.63. The van der Waals surface area contributed by atoms with E-state index in [1.807, 2.05) is 12.2 Å². The SMILES string of the molecule is C=C/C=C(\C=C)CC.[U]. The van der Waals surface area contributed by atoms with Crippen molar-refractivity contribution in [1.29, 1.82) is 0 Å². The molecule has 0 aliphatic carbocycles. The fraction of sp³-hybridized carbons (Fsp3) is 0.250. The maximum Gasteiger partial charge on any atom is 0 e. The molecule has 0 aromatic rings. The van der Waals surface area contributed by atoms with Crippen LogP contribution in [0.15, 0.2) is 37.0 Å². The third-order valence-electron chi connectivity index (χ3n) is 1.00. The van der Waals surface area contributed by atoms with Crippen LogP contribution < -0.4 is 0 Å². The summed E-state index contributed by atoms with van der Waals surface area (Å²) in [6.45, 7) is 9.30. The van der Waals surface area contributed by atoms with Crippen molar-refractivity contribution in [2.24, 2.45) is 0 Å². The molecule has 0 rings (SSSR count). The summed E-state index contributed by atoms with van der Waals surface area (Å²) in [7, 11) is 0. The van der Waals surface area contributed by atoms with Gasteiger partial charge in [0, 0.05) is 31.1 Å². The van der Waals surface area contributed by atoms with Gasteiger partial charge < -0.3 is 0 Å². The fourth-order valence-corrected chi connectivity index (χ4v) is 0.482. The first-order valence-corrected chi connectivity index (χ1v) is 2.79. The van der Waals surface area contributed by atoms with Gasteiger partial charge in [-0.1, -0.05) is 38.3 Å². The molecule has 0 heterocycles. The van der Waals surface area contributed by atoms with Crippen molar-refractivity contribution in [2.45, 2.75) is 13.3 Å². The third-order valence-corrected chi connectivity index (χ3v) is 1.00. The predicted molar refractivity (Wildman–Crippen MR) is 38.8 cm³/mol. The van der Waals surface area contributed by atoms with Crippen molar-refractivity contribution in [2.75, 3.05) is 0 Å². The Labute approximate surface area is 81.1 Å². The summed E-state index contributed by atoms with van der Waals surface area (Å²) in [6.07, 6.45) is 6.63. The molecule has 0 saturated heterocycles. The molecule has 0 aliphatic rings. The Kier molecular flexibility index (Phi) is 11.0. The molecule has 0 atom stereocenters. The number of hydrogen-bond donors (Lipinski definition) is 0. The second kappa shape index (κ2) is 8.27. The van der Waals surface area contributed by atoms with Gasteiger partial charge in [-0.3, -0.25) is 0 Å². The summed E-state index contributed by atoms with van der Waals surface area (Å²) in [5.74, 6) is 0. The molecule has 0 unspecified atom stereocenters. The number of hydrogen-bond acceptors (Lipinski definition) is 0. The van der Waals surface area contributed by atoms with Crippen molar-refractivity contribution in [3.63, 3.8) is 0 Å². The normalized spacial score (nSPS) is 9.67. The maximum absolute atomic E-state index is 3.63. The zero-order valence-electron chi connectivity index (χ0n) is 5.85. The van der Waals surface area contributed by atoms with Crippen molar-refractivity contribution >= 4 is 0 Å². The molecule has 0 radical (unpaired) electrons. The summed E-state index contributed by atoms with van der Waals surface area (Å²) in [5, 5.41) is 0. The Morgan fingerprint density at radius 2 is 2.00 bits per heavy atom. The first-order chi connectivity index (χ1) is 3.85. The molecule has 0 bridgehead atoms. The zero-order valence-corrected chi connectivity index (χ0v) is 10.0. The van der Waals surface area contributed by atoms with E-state index in [1.165, 1.54) is 5.57 Å². The molecule has 0 fully saturated rings. The van der Waals surface area contributed by atoms with Gasteiger partial charge in [-0.2, -0.15) is 0 Å². The molecule has 0 aliphatic heterocycles. The van der Waals surface area contributed by atoms with E-state index in [0.29, 0.717) is 0 Å². The topological polar surface area (TPSA) is 0 Å². The summed E-state index contributed by atoms with van der Waals surface area (Å²) in [6, 6.07) is 0. The van der Waals surface area contributed by atoms with Gasteiger partial charge in [-0.05, 0) is 12.0 Å². The van der Waals surface area contributed by atoms with E-state index < -0.39 is 0 Å². The molecule has 9 heavy (non-hydrogen) atoms. The van der Waals surface area contributed by atoms with Crippen LogP contribution in [0.3, 0.4) is 0 Å². The molecule has 0 nitrogen and oxygen atoms in total. The van der Waals surface area contributed by atoms with Crippen LogP contribution in [0.4, 0.5) is 0 Å². The first kappa shape index (κ1) is 12.0. The van der Waals surface area contributed by atoms with Crippen LogP contribution in [0.5, 0.6) is 0 Å². The second-order valence-electron chi connectivity index (χ2n) is 1.53. The summed E-state index contributed by atoms with van der Waals surface area (Å²) >= 11 is 0. The smallest absolute Gasteiger partial charge is 0 e. The Bertz CT molecular complexity index is 112. The van der Waals surface area contributed by atoms with Gasteiger partial charge >= 0.3 is 0 Å². The average Bonchev–Trinajstić information content (AvgIpc) is 1.83. The van der Waals surface area contributed by atoms with Gasteiger partial charge in [0.05, 0.1) is 0 Å². The van der Waals surface area contributed by atoms with Crippen LogP contribution in [0.1, 0.15) is 13.3 Å². The number of allylic oxidation sites excluding steroid dienone is 4. The van der Waals surface area contributed by atoms with E-state index in [-0.39, 0.29) is 31.1 Å². The van der Waals surface area contributed by atoms with Gasteiger partial charge in [0.1, 0.15) is 0 Å². The van der Waals surface area contributed by atoms with Crippen LogP contribution >= 0.6 is 0 Å². The first-order valence-electron chi connectivity index (χ1n) is 2.79. The van der Waals surface area contributed by atoms with Crippen molar-refractivity contribution in [3.8, 4) is 0 Å². The minimum atomic E-state index is 0. The van der Waals surface area contributed by atoms with Gasteiger partial charge in [-0.25, -0.2) is 0 Å². The van der Waals surface area contributed by atoms with E-state index in [1.54, 1.807) is 6.08 Å². The third kappa shape index (κ3) is 6.15. The molecule has 48 valence electrons. The van der Waals surface area contributed by atoms with Crippen LogP contribution in [0.2, 0.25) is 0 Å². The zero-order chi connectivity index (χ0) is 6.41. The van der Waals surface area contributed by atoms with Gasteiger partial charge in [0.2, 0.25) is 0 Å². The van der Waals surface area contributed by atoms with Crippen molar-refractivity contribution in [3.05, 3.63) is 37.0 Å². The Morgan fingerprint density at radius 1 is 1.44 bits per heavy atom. The minimum Gasteiger partial charge on any atom is -0.0991 e. The Morgan fingerprint density at radius 3 is 2.11 bits per heavy atom. The van der Waals surface area contributed by atoms with Crippen molar-refractivity contribution < 1.29 is 31.1 Å². The fourth-order valence-electron chi connectivity index (χ4n) is 0.482. The summed E-state index contributed by atoms with van der Waals surface area (Å²) in [5.41, 5.74) is 1.24. The average molecular weight is 346 g/mol. The molecule has 0 aromatic heterocycles. The van der Waals surface area contributed by atoms with E-state index >= 15 is 0 Å². The van der Waals surface area contributed by atoms with Crippen LogP contribution in [0, 0.1) is 31.1 Å². The van der Waals surface area contributed by atoms with Gasteiger partial charge in [0.25, 0.3) is 0 Å². The van der Waals surface area contributed by atoms with Crippen LogP contribution in [-0.2, 0) is 0 Å². The molecule has 0 N–H and O–H groups in total. The summed E-state index contributed by atoms with van der Waals surface area (Å²) in [4.78, 5) is 0. The van der Waals surface area contributed by atoms with E-state index in [2.05, 4.69) is 20.1 Å². The second-order valence-corrected chi connectivity index (χ2v) is 1.53. The van der Waals surface area contributed by atoms with Gasteiger partial charge in [0.15, 0.2) is 0 Å². The Balaban J connectivity index is 0. The molecule has 0 aromatic carbocycles. The molecular formula is C8H12U. The van der Waals surface area contributed by atoms with E-state index in [0.717, 1.165) is 6.42 Å². The van der Waals surface area contributed by atoms with Crippen LogP contribution in [-0.4, -0.2) is 0 Å². The van der Waals surface area contributed by atoms with Crippen LogP contribution in [0.25, 0.3) is 0 Å². The summed E-state index contributed by atoms with van der Waals surface area (Å²) < 4.78 is 0. The molecular weight excluding hydrogens is 334 g/mol. The molecule has 0 amide bonds. The monoisotopic (exact) mass is 346 g/mol.